The second-order valence-electron chi connectivity index (χ2n) is 4.72. The number of amides is 1. The highest BCUT2D eigenvalue weighted by Gasteiger charge is 2.25. The molecule has 0 fully saturated rings. The predicted molar refractivity (Wildman–Crippen MR) is 95.1 cm³/mol. The zero-order chi connectivity index (χ0) is 17.9. The van der Waals surface area contributed by atoms with Crippen LogP contribution in [-0.2, 0) is 0 Å². The zero-order valence-corrected chi connectivity index (χ0v) is 15.1. The number of hydrogen-bond acceptors (Lipinski definition) is 4. The summed E-state index contributed by atoms with van der Waals surface area (Å²) in [5.74, 6) is 0.126. The molecule has 1 amide bonds. The fourth-order valence-electron chi connectivity index (χ4n) is 1.81. The molecule has 0 saturated carbocycles. The number of nitrogens with two attached hydrogens (primary N) is 1. The van der Waals surface area contributed by atoms with Crippen molar-refractivity contribution in [1.29, 1.82) is 0 Å². The van der Waals surface area contributed by atoms with Crippen LogP contribution in [-0.4, -0.2) is 18.7 Å². The number of hydrogen-bond donors (Lipinski definition) is 2. The van der Waals surface area contributed by atoms with Crippen LogP contribution in [0.25, 0.3) is 0 Å². The number of nitrogens with zero attached hydrogens (tertiary/aromatic N) is 1. The van der Waals surface area contributed by atoms with E-state index in [1.165, 1.54) is 0 Å². The van der Waals surface area contributed by atoms with E-state index < -0.39 is 5.91 Å². The maximum atomic E-state index is 12.2. The first-order valence-electron chi connectivity index (χ1n) is 6.69. The lowest BCUT2D eigenvalue weighted by atomic mass is 10.1. The van der Waals surface area contributed by atoms with E-state index in [1.807, 2.05) is 12.1 Å². The van der Waals surface area contributed by atoms with Gasteiger partial charge in [0.05, 0.1) is 18.5 Å². The van der Waals surface area contributed by atoms with Crippen molar-refractivity contribution in [3.63, 3.8) is 0 Å². The van der Waals surface area contributed by atoms with E-state index in [0.29, 0.717) is 5.71 Å². The number of aromatic amines is 1. The van der Waals surface area contributed by atoms with Gasteiger partial charge in [0.25, 0.3) is 10.8 Å². The first kappa shape index (κ1) is 18.3. The van der Waals surface area contributed by atoms with Crippen LogP contribution >= 0.6 is 34.8 Å². The molecule has 0 saturated heterocycles. The maximum Gasteiger partial charge on any atom is 0.337 e. The molecule has 0 radical (unpaired) electrons. The average Bonchev–Trinajstić information content (AvgIpc) is 2.60. The molecule has 1 aromatic carbocycles. The summed E-state index contributed by atoms with van der Waals surface area (Å²) in [7, 11) is 1.58. The second-order valence-corrected chi connectivity index (χ2v) is 5.86. The van der Waals surface area contributed by atoms with Gasteiger partial charge in [-0.3, -0.25) is 4.79 Å². The van der Waals surface area contributed by atoms with Gasteiger partial charge >= 0.3 is 5.91 Å². The second kappa shape index (κ2) is 7.70. The molecule has 0 atom stereocenters. The van der Waals surface area contributed by atoms with Crippen molar-refractivity contribution < 1.29 is 14.5 Å². The van der Waals surface area contributed by atoms with Gasteiger partial charge in [-0.1, -0.05) is 23.2 Å². The molecule has 6 nitrogen and oxygen atoms in total. The van der Waals surface area contributed by atoms with Crippen molar-refractivity contribution in [2.45, 2.75) is 6.92 Å². The van der Waals surface area contributed by atoms with E-state index in [2.05, 4.69) is 15.5 Å². The Balaban J connectivity index is 2.20. The number of carbonyl (C=O) groups excluding carboxylic acids is 1. The van der Waals surface area contributed by atoms with E-state index in [4.69, 9.17) is 45.3 Å². The maximum absolute atomic E-state index is 12.2. The highest BCUT2D eigenvalue weighted by atomic mass is 35.5. The number of anilines is 1. The lowest BCUT2D eigenvalue weighted by molar-refractivity contribution is -0.379. The molecule has 0 unspecified atom stereocenters. The van der Waals surface area contributed by atoms with Gasteiger partial charge in [-0.05, 0) is 48.4 Å². The van der Waals surface area contributed by atoms with E-state index in [1.54, 1.807) is 26.2 Å². The number of methoxy groups -OCH3 is 1. The molecule has 0 spiro atoms. The van der Waals surface area contributed by atoms with Crippen molar-refractivity contribution in [2.75, 3.05) is 12.8 Å². The lowest BCUT2D eigenvalue weighted by Crippen LogP contribution is -2.29. The molecule has 4 N–H and O–H groups in total. The van der Waals surface area contributed by atoms with Gasteiger partial charge in [0.15, 0.2) is 0 Å². The monoisotopic (exact) mass is 387 g/mol. The van der Waals surface area contributed by atoms with Crippen molar-refractivity contribution in [2.24, 2.45) is 5.10 Å². The number of aromatic nitrogens is 1. The molecule has 9 heteroatoms. The predicted octanol–water partition coefficient (Wildman–Crippen LogP) is 3.21. The third-order valence-corrected chi connectivity index (χ3v) is 4.35. The summed E-state index contributed by atoms with van der Waals surface area (Å²) in [6.45, 7) is 1.75. The number of nitrogen functional groups attached to an aromatic ring is 1. The molecule has 1 heterocycles. The molecule has 2 aromatic rings. The van der Waals surface area contributed by atoms with Crippen LogP contribution < -0.4 is 20.9 Å². The van der Waals surface area contributed by atoms with Gasteiger partial charge in [0.1, 0.15) is 15.8 Å². The number of benzene rings is 1. The number of hydrazone groups is 1. The highest BCUT2D eigenvalue weighted by molar-refractivity contribution is 6.45. The van der Waals surface area contributed by atoms with Crippen LogP contribution in [0.3, 0.4) is 0 Å². The number of rotatable bonds is 4. The summed E-state index contributed by atoms with van der Waals surface area (Å²) in [5.41, 5.74) is 9.48. The minimum Gasteiger partial charge on any atom is -0.497 e. The van der Waals surface area contributed by atoms with Gasteiger partial charge < -0.3 is 10.5 Å². The standard InChI is InChI=1S/C15H13Cl3N4O2/c1-7(8-3-5-9(24-2)6-4-8)21-22-15(23)13-10(16)12(19)11(17)14(18)20-13/h3-6H,1-2H3,(H2,19,20)(H,22,23)/p+1/b21-7+. The van der Waals surface area contributed by atoms with Crippen LogP contribution in [0, 0.1) is 0 Å². The lowest BCUT2D eigenvalue weighted by Gasteiger charge is -2.05. The average molecular weight is 389 g/mol. The summed E-state index contributed by atoms with van der Waals surface area (Å²) in [4.78, 5) is 14.8. The quantitative estimate of drug-likeness (QED) is 0.478. The smallest absolute Gasteiger partial charge is 0.337 e. The summed E-state index contributed by atoms with van der Waals surface area (Å²) in [5, 5.41) is 4.07. The fraction of sp³-hybridized carbons (Fsp3) is 0.133. The number of H-pyrrole nitrogens is 1. The first-order chi connectivity index (χ1) is 11.3. The SMILES string of the molecule is COc1ccc(/C(C)=N/NC(=O)c2[nH+]c(Cl)c(Cl)c(N)c2Cl)cc1. The van der Waals surface area contributed by atoms with Crippen LogP contribution in [0.4, 0.5) is 5.69 Å². The summed E-state index contributed by atoms with van der Waals surface area (Å²) in [6.07, 6.45) is 0. The molecule has 0 aliphatic rings. The van der Waals surface area contributed by atoms with Crippen LogP contribution in [0.15, 0.2) is 29.4 Å². The Morgan fingerprint density at radius 2 is 1.83 bits per heavy atom. The number of ether oxygens (including phenoxy) is 1. The molecular formula is C15H14Cl3N4O2+. The minimum absolute atomic E-state index is 0.0135. The zero-order valence-electron chi connectivity index (χ0n) is 12.8. The summed E-state index contributed by atoms with van der Waals surface area (Å²) < 4.78 is 5.09. The molecule has 2 rings (SSSR count). The fourth-order valence-corrected chi connectivity index (χ4v) is 2.43. The Morgan fingerprint density at radius 1 is 1.21 bits per heavy atom. The number of pyridine rings is 1. The molecular weight excluding hydrogens is 375 g/mol. The van der Waals surface area contributed by atoms with E-state index in [-0.39, 0.29) is 26.6 Å². The molecule has 24 heavy (non-hydrogen) atoms. The largest absolute Gasteiger partial charge is 0.497 e. The normalized spacial score (nSPS) is 11.3. The van der Waals surface area contributed by atoms with E-state index >= 15 is 0 Å². The van der Waals surface area contributed by atoms with Gasteiger partial charge in [0.2, 0.25) is 0 Å². The Morgan fingerprint density at radius 3 is 2.42 bits per heavy atom. The number of carbonyl (C=O) groups is 1. The molecule has 126 valence electrons. The van der Waals surface area contributed by atoms with Gasteiger partial charge in [-0.15, -0.1) is 0 Å². The Bertz CT molecular complexity index is 807. The van der Waals surface area contributed by atoms with Crippen LogP contribution in [0.2, 0.25) is 15.2 Å². The van der Waals surface area contributed by atoms with Gasteiger partial charge in [-0.25, -0.2) is 5.43 Å². The summed E-state index contributed by atoms with van der Waals surface area (Å²) >= 11 is 17.7. The third kappa shape index (κ3) is 3.90. The van der Waals surface area contributed by atoms with Crippen molar-refractivity contribution in [3.8, 4) is 5.75 Å². The molecule has 1 aromatic heterocycles. The Kier molecular flexibility index (Phi) is 5.88. The van der Waals surface area contributed by atoms with Crippen molar-refractivity contribution in [1.82, 2.24) is 5.43 Å². The van der Waals surface area contributed by atoms with E-state index in [9.17, 15) is 4.79 Å². The minimum atomic E-state index is -0.599. The van der Waals surface area contributed by atoms with Crippen molar-refractivity contribution in [3.05, 3.63) is 50.7 Å². The topological polar surface area (TPSA) is 90.8 Å². The first-order valence-corrected chi connectivity index (χ1v) is 7.82. The highest BCUT2D eigenvalue weighted by Crippen LogP contribution is 2.31. The molecule has 0 aliphatic heterocycles. The number of halogens is 3. The van der Waals surface area contributed by atoms with Crippen LogP contribution in [0.1, 0.15) is 23.0 Å². The van der Waals surface area contributed by atoms with Crippen molar-refractivity contribution >= 4 is 52.1 Å². The van der Waals surface area contributed by atoms with Gasteiger partial charge in [0, 0.05) is 0 Å². The van der Waals surface area contributed by atoms with Crippen LogP contribution in [0.5, 0.6) is 5.75 Å². The number of nitrogens with one attached hydrogen (secondary N) is 2. The summed E-state index contributed by atoms with van der Waals surface area (Å²) in [6, 6.07) is 7.22. The van der Waals surface area contributed by atoms with E-state index in [0.717, 1.165) is 11.3 Å². The van der Waals surface area contributed by atoms with Gasteiger partial charge in [-0.2, -0.15) is 10.1 Å². The Hall–Kier alpha value is -2.02. The Labute approximate surface area is 153 Å². The molecule has 0 bridgehead atoms. The molecule has 0 aliphatic carbocycles. The third-order valence-electron chi connectivity index (χ3n) is 3.18.